The Bertz CT molecular complexity index is 2490. The van der Waals surface area contributed by atoms with Crippen LogP contribution in [-0.4, -0.2) is 57.4 Å². The van der Waals surface area contributed by atoms with E-state index in [4.69, 9.17) is 11.5 Å². The molecule has 2 aliphatic rings. The van der Waals surface area contributed by atoms with Gasteiger partial charge in [-0.3, -0.25) is 0 Å². The first kappa shape index (κ1) is 35.2. The fraction of sp³-hybridized carbons (Fsp3) is 0.167. The number of fused-ring (bicyclic) bond motifs is 4. The van der Waals surface area contributed by atoms with Crippen LogP contribution in [0.2, 0.25) is 0 Å². The predicted molar refractivity (Wildman–Crippen MR) is 228 cm³/mol. The molecular weight excluding hydrogens is 689 g/mol. The molecule has 0 amide bonds. The van der Waals surface area contributed by atoms with E-state index in [1.165, 1.54) is 54.9 Å². The second-order valence-electron chi connectivity index (χ2n) is 15.2. The highest BCUT2D eigenvalue weighted by atomic mass is 15.1. The van der Waals surface area contributed by atoms with Crippen LogP contribution in [0.5, 0.6) is 0 Å². The lowest BCUT2D eigenvalue weighted by Crippen LogP contribution is -2.31. The minimum Gasteiger partial charge on any atom is -0.382 e. The molecule has 2 atom stereocenters. The van der Waals surface area contributed by atoms with Crippen molar-refractivity contribution in [2.75, 3.05) is 38.7 Å². The Hall–Kier alpha value is -6.48. The van der Waals surface area contributed by atoms with Crippen molar-refractivity contribution >= 4 is 33.2 Å². The highest BCUT2D eigenvalue weighted by Gasteiger charge is 2.27. The van der Waals surface area contributed by atoms with Crippen LogP contribution in [0.4, 0.5) is 11.6 Å². The summed E-state index contributed by atoms with van der Waals surface area (Å²) < 4.78 is 0. The molecule has 0 radical (unpaired) electrons. The first-order chi connectivity index (χ1) is 27.3. The van der Waals surface area contributed by atoms with Crippen LogP contribution >= 0.6 is 0 Å². The van der Waals surface area contributed by atoms with Gasteiger partial charge in [-0.2, -0.15) is 0 Å². The summed E-state index contributed by atoms with van der Waals surface area (Å²) in [4.78, 5) is 4.78. The summed E-state index contributed by atoms with van der Waals surface area (Å²) in [6.07, 6.45) is 0. The summed E-state index contributed by atoms with van der Waals surface area (Å²) in [7, 11) is 4.37. The molecule has 8 heteroatoms. The van der Waals surface area contributed by atoms with Crippen molar-refractivity contribution in [1.82, 2.24) is 30.2 Å². The number of hydrogen-bond acceptors (Lipinski definition) is 8. The maximum Gasteiger partial charge on any atom is 0.146 e. The Balaban J connectivity index is 0.000000146. The second kappa shape index (κ2) is 15.0. The van der Waals surface area contributed by atoms with Crippen LogP contribution in [0.1, 0.15) is 45.2 Å². The van der Waals surface area contributed by atoms with Gasteiger partial charge in [0.05, 0.1) is 11.4 Å². The van der Waals surface area contributed by atoms with Gasteiger partial charge in [0.15, 0.2) is 0 Å². The number of aromatic nitrogens is 4. The SMILES string of the molecule is CN1Cc2cc(-c3ccc(N)nn3)ccc2C(c2ccc3ccccc3c2)C1.CN1Cc2cc(-c3ccc(N)nn3)ccc2[C@H](c2ccc3ccccc3c2)C1. The van der Waals surface area contributed by atoms with E-state index in [1.807, 2.05) is 12.1 Å². The van der Waals surface area contributed by atoms with Crippen LogP contribution in [0.15, 0.2) is 146 Å². The van der Waals surface area contributed by atoms with E-state index in [2.05, 4.69) is 166 Å². The largest absolute Gasteiger partial charge is 0.382 e. The van der Waals surface area contributed by atoms with E-state index in [0.717, 1.165) is 48.7 Å². The Kier molecular flexibility index (Phi) is 9.43. The average molecular weight is 733 g/mol. The summed E-state index contributed by atoms with van der Waals surface area (Å²) in [5, 5.41) is 21.6. The Morgan fingerprint density at radius 1 is 0.446 bits per heavy atom. The van der Waals surface area contributed by atoms with Gasteiger partial charge in [0.2, 0.25) is 0 Å². The van der Waals surface area contributed by atoms with Crippen LogP contribution in [0.25, 0.3) is 44.1 Å². The molecule has 0 bridgehead atoms. The molecule has 0 spiro atoms. The van der Waals surface area contributed by atoms with E-state index in [1.54, 1.807) is 12.1 Å². The smallest absolute Gasteiger partial charge is 0.146 e. The third-order valence-electron chi connectivity index (χ3n) is 11.2. The van der Waals surface area contributed by atoms with Crippen LogP contribution in [0.3, 0.4) is 0 Å². The van der Waals surface area contributed by atoms with Gasteiger partial charge in [-0.25, -0.2) is 0 Å². The number of nitrogens with zero attached hydrogens (tertiary/aromatic N) is 6. The molecule has 1 unspecified atom stereocenters. The Morgan fingerprint density at radius 2 is 0.875 bits per heavy atom. The third-order valence-corrected chi connectivity index (χ3v) is 11.2. The molecule has 0 saturated heterocycles. The summed E-state index contributed by atoms with van der Waals surface area (Å²) in [6, 6.07) is 51.6. The highest BCUT2D eigenvalue weighted by molar-refractivity contribution is 5.84. The monoisotopic (exact) mass is 732 g/mol. The van der Waals surface area contributed by atoms with Crippen molar-refractivity contribution < 1.29 is 0 Å². The van der Waals surface area contributed by atoms with Crippen molar-refractivity contribution in [3.63, 3.8) is 0 Å². The molecule has 4 N–H and O–H groups in total. The lowest BCUT2D eigenvalue weighted by Gasteiger charge is -2.33. The van der Waals surface area contributed by atoms with Crippen molar-refractivity contribution in [3.05, 3.63) is 179 Å². The number of benzene rings is 6. The lowest BCUT2D eigenvalue weighted by molar-refractivity contribution is 0.295. The normalized spacial score (nSPS) is 16.8. The average Bonchev–Trinajstić information content (AvgIpc) is 3.23. The number of likely N-dealkylation sites (N-methyl/N-ethyl adjacent to an activating group) is 2. The minimum absolute atomic E-state index is 0.366. The predicted octanol–water partition coefficient (Wildman–Crippen LogP) is 8.91. The first-order valence-electron chi connectivity index (χ1n) is 19.1. The van der Waals surface area contributed by atoms with E-state index in [0.29, 0.717) is 23.5 Å². The van der Waals surface area contributed by atoms with Crippen LogP contribution in [0, 0.1) is 0 Å². The maximum atomic E-state index is 5.68. The molecule has 8 nitrogen and oxygen atoms in total. The maximum absolute atomic E-state index is 5.68. The summed E-state index contributed by atoms with van der Waals surface area (Å²) in [6.45, 7) is 3.92. The van der Waals surface area contributed by atoms with E-state index < -0.39 is 0 Å². The van der Waals surface area contributed by atoms with Crippen molar-refractivity contribution in [1.29, 1.82) is 0 Å². The van der Waals surface area contributed by atoms with Gasteiger partial charge in [0, 0.05) is 49.1 Å². The molecule has 0 saturated carbocycles. The lowest BCUT2D eigenvalue weighted by atomic mass is 9.83. The van der Waals surface area contributed by atoms with E-state index in [-0.39, 0.29) is 0 Å². The molecule has 4 heterocycles. The van der Waals surface area contributed by atoms with Gasteiger partial charge in [-0.05, 0) is 105 Å². The molecule has 2 aliphatic heterocycles. The molecule has 0 aliphatic carbocycles. The van der Waals surface area contributed by atoms with Gasteiger partial charge in [-0.1, -0.05) is 109 Å². The fourth-order valence-electron chi connectivity index (χ4n) is 8.43. The summed E-state index contributed by atoms with van der Waals surface area (Å²) in [5.74, 6) is 1.62. The zero-order valence-corrected chi connectivity index (χ0v) is 31.7. The Morgan fingerprint density at radius 3 is 1.29 bits per heavy atom. The molecule has 2 aromatic heterocycles. The molecular formula is C48H44N8. The number of nitrogen functional groups attached to an aromatic ring is 2. The minimum atomic E-state index is 0.366. The van der Waals surface area contributed by atoms with Gasteiger partial charge >= 0.3 is 0 Å². The molecule has 6 aromatic carbocycles. The van der Waals surface area contributed by atoms with E-state index in [9.17, 15) is 0 Å². The number of hydrogen-bond donors (Lipinski definition) is 2. The second-order valence-corrected chi connectivity index (χ2v) is 15.2. The Labute approximate surface area is 327 Å². The third kappa shape index (κ3) is 7.20. The topological polar surface area (TPSA) is 110 Å². The zero-order valence-electron chi connectivity index (χ0n) is 31.7. The van der Waals surface area contributed by atoms with E-state index >= 15 is 0 Å². The van der Waals surface area contributed by atoms with Gasteiger partial charge < -0.3 is 21.3 Å². The first-order valence-corrected chi connectivity index (χ1v) is 19.1. The van der Waals surface area contributed by atoms with Crippen LogP contribution in [-0.2, 0) is 13.1 Å². The number of anilines is 2. The van der Waals surface area contributed by atoms with Gasteiger partial charge in [-0.15, -0.1) is 20.4 Å². The fourth-order valence-corrected chi connectivity index (χ4v) is 8.43. The number of nitrogens with two attached hydrogens (primary N) is 2. The summed E-state index contributed by atoms with van der Waals surface area (Å²) in [5.41, 5.74) is 23.5. The van der Waals surface area contributed by atoms with Crippen molar-refractivity contribution in [3.8, 4) is 22.5 Å². The molecule has 8 aromatic rings. The zero-order chi connectivity index (χ0) is 38.2. The standard InChI is InChI=1S/2C24H22N4/c2*1-28-14-20-13-19(23-10-11-24(25)27-26-23)8-9-21(20)22(15-28)18-7-6-16-4-2-3-5-17(16)12-18/h2*2-13,22H,14-15H2,1H3,(H2,25,27)/t22-;/m0./s1. The summed E-state index contributed by atoms with van der Waals surface area (Å²) >= 11 is 0. The molecule has 56 heavy (non-hydrogen) atoms. The quantitative estimate of drug-likeness (QED) is 0.185. The van der Waals surface area contributed by atoms with Crippen molar-refractivity contribution in [2.24, 2.45) is 0 Å². The molecule has 0 fully saturated rings. The number of rotatable bonds is 4. The highest BCUT2D eigenvalue weighted by Crippen LogP contribution is 2.38. The molecule has 10 rings (SSSR count). The van der Waals surface area contributed by atoms with Gasteiger partial charge in [0.25, 0.3) is 0 Å². The van der Waals surface area contributed by atoms with Crippen molar-refractivity contribution in [2.45, 2.75) is 24.9 Å². The molecule has 276 valence electrons. The van der Waals surface area contributed by atoms with Gasteiger partial charge in [0.1, 0.15) is 11.6 Å². The van der Waals surface area contributed by atoms with Crippen LogP contribution < -0.4 is 11.5 Å².